The zero-order chi connectivity index (χ0) is 20.3. The highest BCUT2D eigenvalue weighted by Crippen LogP contribution is 2.25. The monoisotopic (exact) mass is 401 g/mol. The molecule has 0 radical (unpaired) electrons. The zero-order valence-corrected chi connectivity index (χ0v) is 17.6. The van der Waals surface area contributed by atoms with Gasteiger partial charge in [-0.3, -0.25) is 9.69 Å². The Morgan fingerprint density at radius 2 is 1.79 bits per heavy atom. The maximum Gasteiger partial charge on any atom is 0.319 e. The van der Waals surface area contributed by atoms with E-state index in [2.05, 4.69) is 27.3 Å². The van der Waals surface area contributed by atoms with Crippen LogP contribution in [0.2, 0.25) is 0 Å². The van der Waals surface area contributed by atoms with E-state index in [1.165, 1.54) is 16.9 Å². The van der Waals surface area contributed by atoms with Crippen molar-refractivity contribution in [2.45, 2.75) is 19.9 Å². The number of carbonyl (C=O) groups excluding carboxylic acids is 2. The van der Waals surface area contributed by atoms with Gasteiger partial charge in [0.05, 0.1) is 11.7 Å². The number of rotatable bonds is 4. The lowest BCUT2D eigenvalue weighted by molar-refractivity contribution is -0.121. The summed E-state index contributed by atoms with van der Waals surface area (Å²) in [5.41, 5.74) is 3.11. The van der Waals surface area contributed by atoms with Crippen LogP contribution in [-0.4, -0.2) is 77.9 Å². The van der Waals surface area contributed by atoms with Gasteiger partial charge in [-0.1, -0.05) is 29.8 Å². The molecule has 1 aromatic heterocycles. The number of urea groups is 1. The van der Waals surface area contributed by atoms with E-state index in [4.69, 9.17) is 0 Å². The summed E-state index contributed by atoms with van der Waals surface area (Å²) in [5.74, 6) is -0.0720. The molecule has 2 aromatic rings. The molecule has 28 heavy (non-hydrogen) atoms. The van der Waals surface area contributed by atoms with Gasteiger partial charge in [-0.2, -0.15) is 0 Å². The van der Waals surface area contributed by atoms with Crippen LogP contribution < -0.4 is 5.32 Å². The normalized spacial score (nSPS) is 15.9. The third-order valence-electron chi connectivity index (χ3n) is 4.98. The molecule has 2 heterocycles. The Kier molecular flexibility index (Phi) is 6.31. The SMILES string of the molecule is Cc1ccc(-c2csc(NC(=O)C(C)N3CCN(C(=O)N(C)C)CC3)n2)cc1. The highest BCUT2D eigenvalue weighted by Gasteiger charge is 2.28. The molecule has 1 fully saturated rings. The Morgan fingerprint density at radius 1 is 1.14 bits per heavy atom. The molecule has 1 aliphatic rings. The van der Waals surface area contributed by atoms with E-state index >= 15 is 0 Å². The predicted molar refractivity (Wildman–Crippen MR) is 113 cm³/mol. The Labute approximate surface area is 170 Å². The molecule has 0 aliphatic carbocycles. The second-order valence-electron chi connectivity index (χ2n) is 7.27. The topological polar surface area (TPSA) is 68.8 Å². The Balaban J connectivity index is 1.55. The maximum atomic E-state index is 12.7. The highest BCUT2D eigenvalue weighted by atomic mass is 32.1. The fraction of sp³-hybridized carbons (Fsp3) is 0.450. The summed E-state index contributed by atoms with van der Waals surface area (Å²) < 4.78 is 0. The fourth-order valence-corrected chi connectivity index (χ4v) is 3.87. The predicted octanol–water partition coefficient (Wildman–Crippen LogP) is 2.74. The molecule has 1 atom stereocenters. The van der Waals surface area contributed by atoms with Crippen molar-refractivity contribution in [1.29, 1.82) is 0 Å². The lowest BCUT2D eigenvalue weighted by Crippen LogP contribution is -2.55. The van der Waals surface area contributed by atoms with Crippen molar-refractivity contribution in [3.05, 3.63) is 35.2 Å². The molecular formula is C20H27N5O2S. The van der Waals surface area contributed by atoms with Gasteiger partial charge in [0, 0.05) is 51.2 Å². The number of anilines is 1. The lowest BCUT2D eigenvalue weighted by Gasteiger charge is -2.38. The van der Waals surface area contributed by atoms with E-state index < -0.39 is 0 Å². The summed E-state index contributed by atoms with van der Waals surface area (Å²) in [5, 5.41) is 5.49. The van der Waals surface area contributed by atoms with Crippen molar-refractivity contribution in [1.82, 2.24) is 19.7 Å². The molecule has 1 N–H and O–H groups in total. The number of amides is 3. The van der Waals surface area contributed by atoms with E-state index in [0.29, 0.717) is 31.3 Å². The summed E-state index contributed by atoms with van der Waals surface area (Å²) in [6, 6.07) is 7.91. The second-order valence-corrected chi connectivity index (χ2v) is 8.13. The first-order valence-electron chi connectivity index (χ1n) is 9.39. The lowest BCUT2D eigenvalue weighted by atomic mass is 10.1. The van der Waals surface area contributed by atoms with Gasteiger partial charge in [0.25, 0.3) is 0 Å². The summed E-state index contributed by atoms with van der Waals surface area (Å²) in [7, 11) is 3.51. The van der Waals surface area contributed by atoms with Gasteiger partial charge in [-0.25, -0.2) is 9.78 Å². The van der Waals surface area contributed by atoms with Crippen LogP contribution in [0.25, 0.3) is 11.3 Å². The minimum Gasteiger partial charge on any atom is -0.331 e. The zero-order valence-electron chi connectivity index (χ0n) is 16.8. The smallest absolute Gasteiger partial charge is 0.319 e. The first-order chi connectivity index (χ1) is 13.3. The standard InChI is InChI=1S/C20H27N5O2S/c1-14-5-7-16(8-6-14)17-13-28-19(21-17)22-18(26)15(2)24-9-11-25(12-10-24)20(27)23(3)4/h5-8,13,15H,9-12H2,1-4H3,(H,21,22,26). The Bertz CT molecular complexity index is 825. The molecule has 1 unspecified atom stereocenters. The van der Waals surface area contributed by atoms with Crippen molar-refractivity contribution in [3.8, 4) is 11.3 Å². The van der Waals surface area contributed by atoms with Gasteiger partial charge >= 0.3 is 6.03 Å². The fourth-order valence-electron chi connectivity index (χ4n) is 3.15. The van der Waals surface area contributed by atoms with E-state index in [1.54, 1.807) is 19.0 Å². The van der Waals surface area contributed by atoms with Crippen molar-refractivity contribution in [2.24, 2.45) is 0 Å². The number of thiazole rings is 1. The number of hydrogen-bond acceptors (Lipinski definition) is 5. The average Bonchev–Trinajstić information content (AvgIpc) is 3.15. The summed E-state index contributed by atoms with van der Waals surface area (Å²) in [4.78, 5) is 34.7. The number of nitrogens with one attached hydrogen (secondary N) is 1. The average molecular weight is 402 g/mol. The minimum absolute atomic E-state index is 0.0168. The van der Waals surface area contributed by atoms with Crippen LogP contribution in [0.1, 0.15) is 12.5 Å². The van der Waals surface area contributed by atoms with Crippen LogP contribution >= 0.6 is 11.3 Å². The molecule has 3 amide bonds. The second kappa shape index (κ2) is 8.70. The van der Waals surface area contributed by atoms with Gasteiger partial charge in [-0.15, -0.1) is 11.3 Å². The van der Waals surface area contributed by atoms with Gasteiger partial charge in [0.2, 0.25) is 5.91 Å². The number of nitrogens with zero attached hydrogens (tertiary/aromatic N) is 4. The van der Waals surface area contributed by atoms with Crippen LogP contribution in [0.4, 0.5) is 9.93 Å². The summed E-state index contributed by atoms with van der Waals surface area (Å²) in [6.07, 6.45) is 0. The Hall–Kier alpha value is -2.45. The Morgan fingerprint density at radius 3 is 2.39 bits per heavy atom. The summed E-state index contributed by atoms with van der Waals surface area (Å²) in [6.45, 7) is 6.57. The number of hydrogen-bond donors (Lipinski definition) is 1. The molecule has 0 saturated carbocycles. The molecular weight excluding hydrogens is 374 g/mol. The third kappa shape index (κ3) is 4.69. The summed E-state index contributed by atoms with van der Waals surface area (Å²) >= 11 is 1.43. The quantitative estimate of drug-likeness (QED) is 0.855. The van der Waals surface area contributed by atoms with E-state index in [-0.39, 0.29) is 18.0 Å². The maximum absolute atomic E-state index is 12.7. The van der Waals surface area contributed by atoms with Gasteiger partial charge in [0.1, 0.15) is 0 Å². The van der Waals surface area contributed by atoms with Crippen LogP contribution in [-0.2, 0) is 4.79 Å². The van der Waals surface area contributed by atoms with E-state index in [0.717, 1.165) is 11.3 Å². The molecule has 1 aliphatic heterocycles. The number of benzene rings is 1. The van der Waals surface area contributed by atoms with Crippen LogP contribution in [0.3, 0.4) is 0 Å². The van der Waals surface area contributed by atoms with Crippen molar-refractivity contribution >= 4 is 28.4 Å². The van der Waals surface area contributed by atoms with Gasteiger partial charge in [0.15, 0.2) is 5.13 Å². The number of piperazine rings is 1. The number of aromatic nitrogens is 1. The molecule has 1 saturated heterocycles. The first-order valence-corrected chi connectivity index (χ1v) is 10.3. The first kappa shape index (κ1) is 20.3. The molecule has 3 rings (SSSR count). The third-order valence-corrected chi connectivity index (χ3v) is 5.73. The van der Waals surface area contributed by atoms with Crippen LogP contribution in [0.15, 0.2) is 29.6 Å². The molecule has 7 nitrogen and oxygen atoms in total. The minimum atomic E-state index is -0.275. The van der Waals surface area contributed by atoms with E-state index in [1.807, 2.05) is 36.3 Å². The van der Waals surface area contributed by atoms with Crippen molar-refractivity contribution < 1.29 is 9.59 Å². The molecule has 0 spiro atoms. The number of carbonyl (C=O) groups is 2. The number of aryl methyl sites for hydroxylation is 1. The van der Waals surface area contributed by atoms with Crippen LogP contribution in [0, 0.1) is 6.92 Å². The molecule has 1 aromatic carbocycles. The van der Waals surface area contributed by atoms with Crippen molar-refractivity contribution in [2.75, 3.05) is 45.6 Å². The molecule has 150 valence electrons. The largest absolute Gasteiger partial charge is 0.331 e. The molecule has 0 bridgehead atoms. The van der Waals surface area contributed by atoms with E-state index in [9.17, 15) is 9.59 Å². The van der Waals surface area contributed by atoms with Gasteiger partial charge in [-0.05, 0) is 13.8 Å². The highest BCUT2D eigenvalue weighted by molar-refractivity contribution is 7.14. The van der Waals surface area contributed by atoms with Gasteiger partial charge < -0.3 is 15.1 Å². The van der Waals surface area contributed by atoms with Crippen LogP contribution in [0.5, 0.6) is 0 Å². The molecule has 8 heteroatoms. The van der Waals surface area contributed by atoms with Crippen molar-refractivity contribution in [3.63, 3.8) is 0 Å².